The number of halogens is 1. The van der Waals surface area contributed by atoms with Crippen LogP contribution in [0.4, 0.5) is 5.69 Å². The molecule has 0 atom stereocenters. The molecule has 0 spiro atoms. The predicted octanol–water partition coefficient (Wildman–Crippen LogP) is 3.36. The maximum absolute atomic E-state index is 5.86. The summed E-state index contributed by atoms with van der Waals surface area (Å²) in [5, 5.41) is 0.559. The minimum Gasteiger partial charge on any atom is -0.369 e. The summed E-state index contributed by atoms with van der Waals surface area (Å²) in [5.74, 6) is 0. The van der Waals surface area contributed by atoms with Crippen molar-refractivity contribution in [3.8, 4) is 0 Å². The molecular weight excluding hydrogens is 196 g/mol. The fourth-order valence-corrected chi connectivity index (χ4v) is 1.67. The Balaban J connectivity index is 2.87. The van der Waals surface area contributed by atoms with Gasteiger partial charge in [0.05, 0.1) is 0 Å². The molecule has 3 heteroatoms. The first-order chi connectivity index (χ1) is 6.65. The maximum atomic E-state index is 5.86. The average Bonchev–Trinajstić information content (AvgIpc) is 2.13. The third-order valence-corrected chi connectivity index (χ3v) is 2.34. The third-order valence-electron chi connectivity index (χ3n) is 2.13. The van der Waals surface area contributed by atoms with Crippen LogP contribution in [0.3, 0.4) is 0 Å². The van der Waals surface area contributed by atoms with Crippen molar-refractivity contribution in [3.05, 3.63) is 23.5 Å². The Hall–Kier alpha value is -0.760. The van der Waals surface area contributed by atoms with Gasteiger partial charge in [-0.3, -0.25) is 0 Å². The highest BCUT2D eigenvalue weighted by molar-refractivity contribution is 6.29. The van der Waals surface area contributed by atoms with Gasteiger partial charge in [-0.05, 0) is 32.4 Å². The number of hydrogen-bond acceptors (Lipinski definition) is 2. The fourth-order valence-electron chi connectivity index (χ4n) is 1.50. The van der Waals surface area contributed by atoms with Gasteiger partial charge < -0.3 is 4.90 Å². The highest BCUT2D eigenvalue weighted by Crippen LogP contribution is 2.19. The van der Waals surface area contributed by atoms with E-state index in [1.807, 2.05) is 12.1 Å². The topological polar surface area (TPSA) is 16.1 Å². The lowest BCUT2D eigenvalue weighted by Gasteiger charge is -2.28. The molecule has 1 aromatic heterocycles. The maximum Gasteiger partial charge on any atom is 0.131 e. The summed E-state index contributed by atoms with van der Waals surface area (Å²) >= 11 is 5.86. The number of nitrogens with zero attached hydrogens (tertiary/aromatic N) is 2. The molecule has 14 heavy (non-hydrogen) atoms. The highest BCUT2D eigenvalue weighted by atomic mass is 35.5. The van der Waals surface area contributed by atoms with Crippen LogP contribution >= 0.6 is 11.6 Å². The van der Waals surface area contributed by atoms with Crippen LogP contribution in [0.5, 0.6) is 0 Å². The van der Waals surface area contributed by atoms with E-state index in [-0.39, 0.29) is 0 Å². The summed E-state index contributed by atoms with van der Waals surface area (Å²) in [6.45, 7) is 7.60. The van der Waals surface area contributed by atoms with Gasteiger partial charge in [0.1, 0.15) is 5.15 Å². The van der Waals surface area contributed by atoms with Crippen LogP contribution < -0.4 is 4.90 Å². The number of anilines is 1. The van der Waals surface area contributed by atoms with E-state index in [0.29, 0.717) is 11.2 Å². The molecule has 0 aliphatic rings. The Kier molecular flexibility index (Phi) is 4.21. The molecule has 0 saturated carbocycles. The Morgan fingerprint density at radius 2 is 2.21 bits per heavy atom. The second kappa shape index (κ2) is 5.20. The molecule has 0 radical (unpaired) electrons. The van der Waals surface area contributed by atoms with E-state index < -0.39 is 0 Å². The Morgan fingerprint density at radius 1 is 1.50 bits per heavy atom. The lowest BCUT2D eigenvalue weighted by Crippen LogP contribution is -2.31. The van der Waals surface area contributed by atoms with Crippen LogP contribution in [0.25, 0.3) is 0 Å². The number of rotatable bonds is 4. The van der Waals surface area contributed by atoms with Crippen molar-refractivity contribution >= 4 is 17.3 Å². The van der Waals surface area contributed by atoms with E-state index in [4.69, 9.17) is 11.6 Å². The lowest BCUT2D eigenvalue weighted by molar-refractivity contribution is 0.671. The second-order valence-electron chi connectivity index (χ2n) is 3.62. The minimum absolute atomic E-state index is 0.494. The molecule has 0 saturated heterocycles. The Bertz CT molecular complexity index is 286. The van der Waals surface area contributed by atoms with Crippen LogP contribution in [-0.4, -0.2) is 17.6 Å². The van der Waals surface area contributed by atoms with Crippen molar-refractivity contribution < 1.29 is 0 Å². The molecule has 78 valence electrons. The van der Waals surface area contributed by atoms with E-state index >= 15 is 0 Å². The number of aromatic nitrogens is 1. The normalized spacial score (nSPS) is 10.6. The molecule has 0 N–H and O–H groups in total. The first-order valence-corrected chi connectivity index (χ1v) is 5.41. The Morgan fingerprint density at radius 3 is 2.71 bits per heavy atom. The average molecular weight is 213 g/mol. The molecule has 2 nitrogen and oxygen atoms in total. The first-order valence-electron chi connectivity index (χ1n) is 5.03. The first kappa shape index (κ1) is 11.3. The van der Waals surface area contributed by atoms with Crippen molar-refractivity contribution in [1.29, 1.82) is 0 Å². The van der Waals surface area contributed by atoms with Crippen LogP contribution in [0, 0.1) is 0 Å². The van der Waals surface area contributed by atoms with Gasteiger partial charge >= 0.3 is 0 Å². The number of pyridine rings is 1. The van der Waals surface area contributed by atoms with Crippen LogP contribution in [0.1, 0.15) is 27.2 Å². The standard InChI is InChI=1S/C11H17ClN2/c1-4-7-14(9(2)3)10-5-6-13-11(12)8-10/h5-6,8-9H,4,7H2,1-3H3. The van der Waals surface area contributed by atoms with Crippen LogP contribution in [0.15, 0.2) is 18.3 Å². The van der Waals surface area contributed by atoms with Crippen molar-refractivity contribution in [2.75, 3.05) is 11.4 Å². The second-order valence-corrected chi connectivity index (χ2v) is 4.01. The monoisotopic (exact) mass is 212 g/mol. The largest absolute Gasteiger partial charge is 0.369 e. The van der Waals surface area contributed by atoms with Crippen molar-refractivity contribution in [2.45, 2.75) is 33.2 Å². The lowest BCUT2D eigenvalue weighted by atomic mass is 10.2. The van der Waals surface area contributed by atoms with Crippen molar-refractivity contribution in [3.63, 3.8) is 0 Å². The van der Waals surface area contributed by atoms with Crippen LogP contribution in [0.2, 0.25) is 5.15 Å². The van der Waals surface area contributed by atoms with Gasteiger partial charge in [-0.1, -0.05) is 18.5 Å². The van der Waals surface area contributed by atoms with E-state index in [1.165, 1.54) is 0 Å². The molecule has 0 aliphatic heterocycles. The molecule has 1 rings (SSSR count). The summed E-state index contributed by atoms with van der Waals surface area (Å²) < 4.78 is 0. The molecule has 0 unspecified atom stereocenters. The molecule has 1 heterocycles. The van der Waals surface area contributed by atoms with Crippen molar-refractivity contribution in [1.82, 2.24) is 4.98 Å². The summed E-state index contributed by atoms with van der Waals surface area (Å²) in [4.78, 5) is 6.31. The minimum atomic E-state index is 0.494. The smallest absolute Gasteiger partial charge is 0.131 e. The quantitative estimate of drug-likeness (QED) is 0.712. The molecular formula is C11H17ClN2. The molecule has 0 aliphatic carbocycles. The zero-order valence-corrected chi connectivity index (χ0v) is 9.75. The van der Waals surface area contributed by atoms with Gasteiger partial charge in [0.2, 0.25) is 0 Å². The zero-order chi connectivity index (χ0) is 10.6. The zero-order valence-electron chi connectivity index (χ0n) is 9.00. The molecule has 0 bridgehead atoms. The highest BCUT2D eigenvalue weighted by Gasteiger charge is 2.09. The molecule has 1 aromatic rings. The van der Waals surface area contributed by atoms with Gasteiger partial charge in [0, 0.05) is 24.5 Å². The fraction of sp³-hybridized carbons (Fsp3) is 0.545. The van der Waals surface area contributed by atoms with Gasteiger partial charge in [-0.15, -0.1) is 0 Å². The summed E-state index contributed by atoms with van der Waals surface area (Å²) in [6, 6.07) is 4.41. The summed E-state index contributed by atoms with van der Waals surface area (Å²) in [6.07, 6.45) is 2.89. The van der Waals surface area contributed by atoms with E-state index in [2.05, 4.69) is 30.7 Å². The summed E-state index contributed by atoms with van der Waals surface area (Å²) in [5.41, 5.74) is 1.15. The molecule has 0 amide bonds. The van der Waals surface area contributed by atoms with Gasteiger partial charge in [-0.2, -0.15) is 0 Å². The SMILES string of the molecule is CCCN(c1ccnc(Cl)c1)C(C)C. The third kappa shape index (κ3) is 2.88. The summed E-state index contributed by atoms with van der Waals surface area (Å²) in [7, 11) is 0. The van der Waals surface area contributed by atoms with E-state index in [9.17, 15) is 0 Å². The van der Waals surface area contributed by atoms with Gasteiger partial charge in [0.15, 0.2) is 0 Å². The van der Waals surface area contributed by atoms with Gasteiger partial charge in [0.25, 0.3) is 0 Å². The van der Waals surface area contributed by atoms with Gasteiger partial charge in [-0.25, -0.2) is 4.98 Å². The van der Waals surface area contributed by atoms with Crippen LogP contribution in [-0.2, 0) is 0 Å². The van der Waals surface area contributed by atoms with E-state index in [1.54, 1.807) is 6.20 Å². The molecule has 0 fully saturated rings. The predicted molar refractivity (Wildman–Crippen MR) is 62.0 cm³/mol. The van der Waals surface area contributed by atoms with Crippen molar-refractivity contribution in [2.24, 2.45) is 0 Å². The Labute approximate surface area is 90.9 Å². The van der Waals surface area contributed by atoms with E-state index in [0.717, 1.165) is 18.7 Å². The number of hydrogen-bond donors (Lipinski definition) is 0. The molecule has 0 aromatic carbocycles.